The Balaban J connectivity index is 0.000000215. The number of non-ortho nitro benzene ring substituents is 1. The smallest absolute Gasteiger partial charge is 0.545 e. The van der Waals surface area contributed by atoms with E-state index in [-0.39, 0.29) is 46.4 Å². The van der Waals surface area contributed by atoms with Crippen LogP contribution in [0.15, 0.2) is 72.8 Å². The normalized spacial score (nSPS) is 9.94. The van der Waals surface area contributed by atoms with Crippen molar-refractivity contribution in [2.75, 3.05) is 5.73 Å². The van der Waals surface area contributed by atoms with Crippen molar-refractivity contribution < 1.29 is 54.3 Å². The summed E-state index contributed by atoms with van der Waals surface area (Å²) in [7, 11) is 0. The largest absolute Gasteiger partial charge is 1.00 e. The predicted octanol–water partition coefficient (Wildman–Crippen LogP) is 0.236. The molecule has 0 aliphatic carbocycles. The van der Waals surface area contributed by atoms with Crippen molar-refractivity contribution in [2.24, 2.45) is 0 Å². The van der Waals surface area contributed by atoms with Crippen LogP contribution in [0.25, 0.3) is 21.5 Å². The van der Waals surface area contributed by atoms with Crippen molar-refractivity contribution in [1.82, 2.24) is 0 Å². The average Bonchev–Trinajstić information content (AvgIpc) is 2.72. The fraction of sp³-hybridized carbons (Fsp3) is 0. The molecule has 0 heterocycles. The van der Waals surface area contributed by atoms with E-state index in [1.165, 1.54) is 12.1 Å². The number of nitro groups is 1. The number of nitro benzene ring substituents is 1. The molecule has 0 bridgehead atoms. The number of rotatable bonds is 3. The first-order valence-corrected chi connectivity index (χ1v) is 8.68. The SMILES string of the molecule is Nc1cc(C(=O)[O-])c2ccccc2c1.O=C(O)c1cc([N+](=O)[O-])cc2ccccc12.[Na+]. The zero-order valence-electron chi connectivity index (χ0n) is 16.4. The molecule has 0 aliphatic heterocycles. The van der Waals surface area contributed by atoms with Crippen molar-refractivity contribution in [3.05, 3.63) is 94.0 Å². The van der Waals surface area contributed by atoms with Crippen LogP contribution in [0.1, 0.15) is 20.7 Å². The molecular formula is C22H15N2NaO6. The van der Waals surface area contributed by atoms with E-state index in [9.17, 15) is 24.8 Å². The van der Waals surface area contributed by atoms with Crippen LogP contribution in [0.3, 0.4) is 0 Å². The Kier molecular flexibility index (Phi) is 7.71. The van der Waals surface area contributed by atoms with Gasteiger partial charge in [0.2, 0.25) is 0 Å². The van der Waals surface area contributed by atoms with Gasteiger partial charge in [0.15, 0.2) is 0 Å². The molecule has 0 atom stereocenters. The Morgan fingerprint density at radius 2 is 1.35 bits per heavy atom. The molecule has 4 aromatic rings. The minimum Gasteiger partial charge on any atom is -0.545 e. The molecule has 4 aromatic carbocycles. The van der Waals surface area contributed by atoms with Crippen LogP contribution in [0.2, 0.25) is 0 Å². The van der Waals surface area contributed by atoms with Crippen LogP contribution in [0.4, 0.5) is 11.4 Å². The van der Waals surface area contributed by atoms with Crippen molar-refractivity contribution in [2.45, 2.75) is 0 Å². The predicted molar refractivity (Wildman–Crippen MR) is 110 cm³/mol. The third-order valence-corrected chi connectivity index (χ3v) is 4.39. The second-order valence-electron chi connectivity index (χ2n) is 6.35. The summed E-state index contributed by atoms with van der Waals surface area (Å²) in [4.78, 5) is 31.8. The molecule has 3 N–H and O–H groups in total. The summed E-state index contributed by atoms with van der Waals surface area (Å²) in [5.41, 5.74) is 5.88. The Morgan fingerprint density at radius 1 is 0.839 bits per heavy atom. The Labute approximate surface area is 198 Å². The Bertz CT molecular complexity index is 1310. The quantitative estimate of drug-likeness (QED) is 0.206. The van der Waals surface area contributed by atoms with Gasteiger partial charge in [0.05, 0.1) is 16.5 Å². The standard InChI is InChI=1S/C11H7NO4.C11H9NO2.Na/c13-11(14)10-6-8(12(15)16)5-7-3-1-2-4-9(7)10;12-8-5-7-3-1-2-4-9(7)10(6-8)11(13)14;/h1-6H,(H,13,14);1-6H,12H2,(H,13,14);/q;;+1/p-1. The van der Waals surface area contributed by atoms with Crippen LogP contribution < -0.4 is 40.4 Å². The van der Waals surface area contributed by atoms with Gasteiger partial charge in [-0.3, -0.25) is 10.1 Å². The van der Waals surface area contributed by atoms with E-state index in [0.29, 0.717) is 21.8 Å². The van der Waals surface area contributed by atoms with Gasteiger partial charge in [-0.25, -0.2) is 4.79 Å². The number of benzene rings is 4. The van der Waals surface area contributed by atoms with Gasteiger partial charge in [0, 0.05) is 23.4 Å². The number of carboxylic acids is 2. The summed E-state index contributed by atoms with van der Waals surface area (Å²) in [6, 6.07) is 19.4. The number of carbonyl (C=O) groups excluding carboxylic acids is 1. The summed E-state index contributed by atoms with van der Waals surface area (Å²) in [6.45, 7) is 0. The minimum atomic E-state index is -1.20. The summed E-state index contributed by atoms with van der Waals surface area (Å²) in [5, 5.41) is 32.9. The number of nitrogens with zero attached hydrogens (tertiary/aromatic N) is 1. The second kappa shape index (κ2) is 10.0. The van der Waals surface area contributed by atoms with Crippen molar-refractivity contribution in [3.8, 4) is 0 Å². The third kappa shape index (κ3) is 5.37. The van der Waals surface area contributed by atoms with Gasteiger partial charge in [-0.2, -0.15) is 0 Å². The van der Waals surface area contributed by atoms with Crippen molar-refractivity contribution >= 4 is 44.9 Å². The van der Waals surface area contributed by atoms with E-state index in [4.69, 9.17) is 10.8 Å². The molecule has 0 saturated heterocycles. The summed E-state index contributed by atoms with van der Waals surface area (Å²) in [5.74, 6) is -2.37. The van der Waals surface area contributed by atoms with Crippen LogP contribution in [0, 0.1) is 10.1 Å². The number of carbonyl (C=O) groups is 2. The zero-order chi connectivity index (χ0) is 21.8. The second-order valence-corrected chi connectivity index (χ2v) is 6.35. The molecule has 9 heteroatoms. The van der Waals surface area contributed by atoms with E-state index in [1.54, 1.807) is 42.5 Å². The topological polar surface area (TPSA) is 147 Å². The number of fused-ring (bicyclic) bond motifs is 2. The number of anilines is 1. The fourth-order valence-electron chi connectivity index (χ4n) is 3.08. The zero-order valence-corrected chi connectivity index (χ0v) is 18.4. The number of nitrogen functional groups attached to an aromatic ring is 1. The molecule has 0 fully saturated rings. The van der Waals surface area contributed by atoms with Crippen molar-refractivity contribution in [3.63, 3.8) is 0 Å². The van der Waals surface area contributed by atoms with Crippen LogP contribution >= 0.6 is 0 Å². The van der Waals surface area contributed by atoms with Crippen molar-refractivity contribution in [1.29, 1.82) is 0 Å². The molecule has 0 radical (unpaired) electrons. The molecule has 0 aromatic heterocycles. The van der Waals surface area contributed by atoms with Gasteiger partial charge in [-0.05, 0) is 33.7 Å². The molecule has 0 aliphatic rings. The van der Waals surface area contributed by atoms with Crippen LogP contribution in [-0.2, 0) is 0 Å². The number of nitrogens with two attached hydrogens (primary N) is 1. The van der Waals surface area contributed by atoms with E-state index < -0.39 is 16.9 Å². The number of aromatic carboxylic acids is 2. The molecule has 8 nitrogen and oxygen atoms in total. The number of carboxylic acid groups (broad SMARTS) is 2. The fourth-order valence-corrected chi connectivity index (χ4v) is 3.08. The van der Waals surface area contributed by atoms with Gasteiger partial charge >= 0.3 is 35.5 Å². The summed E-state index contributed by atoms with van der Waals surface area (Å²) < 4.78 is 0. The molecule has 0 spiro atoms. The van der Waals surface area contributed by atoms with Gasteiger partial charge in [0.25, 0.3) is 5.69 Å². The first-order chi connectivity index (χ1) is 14.3. The van der Waals surface area contributed by atoms with Gasteiger partial charge in [-0.15, -0.1) is 0 Å². The first-order valence-electron chi connectivity index (χ1n) is 8.68. The van der Waals surface area contributed by atoms with Gasteiger partial charge < -0.3 is 20.7 Å². The monoisotopic (exact) mass is 426 g/mol. The van der Waals surface area contributed by atoms with Crippen LogP contribution in [0.5, 0.6) is 0 Å². The molecule has 0 unspecified atom stereocenters. The molecule has 0 amide bonds. The summed E-state index contributed by atoms with van der Waals surface area (Å²) >= 11 is 0. The first kappa shape index (κ1) is 23.8. The average molecular weight is 426 g/mol. The van der Waals surface area contributed by atoms with E-state index in [1.807, 2.05) is 12.1 Å². The molecule has 150 valence electrons. The van der Waals surface area contributed by atoms with Crippen LogP contribution in [-0.4, -0.2) is 22.0 Å². The molecule has 4 rings (SSSR count). The summed E-state index contributed by atoms with van der Waals surface area (Å²) in [6.07, 6.45) is 0. The van der Waals surface area contributed by atoms with Gasteiger partial charge in [-0.1, -0.05) is 48.5 Å². The molecule has 0 saturated carbocycles. The maximum absolute atomic E-state index is 11.0. The maximum atomic E-state index is 11.0. The Morgan fingerprint density at radius 3 is 1.87 bits per heavy atom. The number of hydrogen-bond donors (Lipinski definition) is 2. The van der Waals surface area contributed by atoms with E-state index in [2.05, 4.69) is 0 Å². The maximum Gasteiger partial charge on any atom is 1.00 e. The minimum absolute atomic E-state index is 0. The van der Waals surface area contributed by atoms with Gasteiger partial charge in [0.1, 0.15) is 0 Å². The van der Waals surface area contributed by atoms with E-state index >= 15 is 0 Å². The molecule has 31 heavy (non-hydrogen) atoms. The van der Waals surface area contributed by atoms with E-state index in [0.717, 1.165) is 11.5 Å². The molecular weight excluding hydrogens is 411 g/mol. The third-order valence-electron chi connectivity index (χ3n) is 4.39. The number of hydrogen-bond acceptors (Lipinski definition) is 6. The Hall–Kier alpha value is -3.46.